The summed E-state index contributed by atoms with van der Waals surface area (Å²) in [5.41, 5.74) is 8.25. The molecular formula is C96H95F9N6O15. The van der Waals surface area contributed by atoms with Crippen LogP contribution in [-0.4, -0.2) is 95.0 Å². The normalized spacial score (nSPS) is 16.3. The molecule has 1 aliphatic heterocycles. The minimum absolute atomic E-state index is 0.00849. The predicted molar refractivity (Wildman–Crippen MR) is 458 cm³/mol. The van der Waals surface area contributed by atoms with Crippen LogP contribution < -0.4 is 31.9 Å². The van der Waals surface area contributed by atoms with Gasteiger partial charge in [-0.15, -0.1) is 0 Å². The Balaban J connectivity index is 0.000000191. The van der Waals surface area contributed by atoms with Crippen molar-refractivity contribution in [2.45, 2.75) is 143 Å². The van der Waals surface area contributed by atoms with Gasteiger partial charge < -0.3 is 51.6 Å². The average Bonchev–Trinajstić information content (AvgIpc) is 0.815. The zero-order chi connectivity index (χ0) is 91.5. The molecule has 1 saturated heterocycles. The van der Waals surface area contributed by atoms with Gasteiger partial charge in [-0.05, 0) is 211 Å². The zero-order valence-corrected chi connectivity index (χ0v) is 69.7. The van der Waals surface area contributed by atoms with E-state index in [0.29, 0.717) is 78.4 Å². The standard InChI is InChI=1S/C33H33F3N2O5.C32H31F3N2O5.C26H21F3N2O4.C5H10O/c1-19(2)29(31(41)43-3)18-27(39)16-23-8-7-22-15-21(11-14-28(22)30(23)40)20-9-12-25(13-10-20)37-32(42)38-26-6-4-5-24(17-26)33(34,35)36;1-18(2)28(30(40)41)17-26(38)15-22-7-6-21-14-20(10-13-27(21)29(22)39)19-8-11-24(12-9-19)36-31(42)37-25-5-3-4-23(16-25)32(33,34)35;27-26(28,29)19-2-1-3-21(14-19)31-25(35)30-20-9-6-15(7-10-20)16-8-11-22-17(12-16)4-5-18(24(22)34)13-23(32)33;1-5-3-2-4-6-5/h4-6,9-15,17,19,23,29H,7-8,16,18H2,1-3H3,(H2,37,38,42);3-5,8-14,16,18,22,28H,6-7,15,17H2,1-2H3,(H,40,41)(H2,36,37,42);1-3,6-12,14,18H,4-5,13H2,(H,32,33)(H2,30,31,35);5H,2-4H2,1H3/t23?,29-;22?,28-;;/m00../s1. The summed E-state index contributed by atoms with van der Waals surface area (Å²) in [4.78, 5) is 136. The lowest BCUT2D eigenvalue weighted by atomic mass is 9.78. The molecule has 126 heavy (non-hydrogen) atoms. The minimum Gasteiger partial charge on any atom is -0.481 e. The number of rotatable bonds is 23. The number of carbonyl (C=O) groups excluding carboxylic acids is 9. The number of esters is 1. The maximum atomic E-state index is 13.2. The highest BCUT2D eigenvalue weighted by Gasteiger charge is 2.37. The fraction of sp³-hybridized carbons (Fsp3) is 0.323. The molecule has 0 radical (unpaired) electrons. The number of fused-ring (bicyclic) bond motifs is 3. The number of carboxylic acids is 2. The van der Waals surface area contributed by atoms with Gasteiger partial charge >= 0.3 is 54.5 Å². The Morgan fingerprint density at radius 1 is 0.397 bits per heavy atom. The number of carbonyl (C=O) groups is 11. The van der Waals surface area contributed by atoms with E-state index in [1.807, 2.05) is 44.2 Å². The minimum atomic E-state index is -4.52. The highest BCUT2D eigenvalue weighted by Crippen LogP contribution is 2.39. The smallest absolute Gasteiger partial charge is 0.416 e. The summed E-state index contributed by atoms with van der Waals surface area (Å²) in [6.45, 7) is 10.3. The van der Waals surface area contributed by atoms with Gasteiger partial charge in [-0.1, -0.05) is 137 Å². The quantitative estimate of drug-likeness (QED) is 0.0218. The molecule has 6 atom stereocenters. The van der Waals surface area contributed by atoms with Crippen LogP contribution in [-0.2, 0) is 71.2 Å². The van der Waals surface area contributed by atoms with E-state index in [2.05, 4.69) is 38.8 Å². The lowest BCUT2D eigenvalue weighted by Crippen LogP contribution is -2.28. The molecule has 3 aliphatic carbocycles. The first-order chi connectivity index (χ1) is 59.7. The summed E-state index contributed by atoms with van der Waals surface area (Å²) in [5, 5.41) is 33.3. The maximum Gasteiger partial charge on any atom is 0.416 e. The van der Waals surface area contributed by atoms with Crippen molar-refractivity contribution in [2.24, 2.45) is 41.4 Å². The third kappa shape index (κ3) is 26.7. The number of aliphatic carboxylic acids is 2. The number of ketones is 5. The van der Waals surface area contributed by atoms with E-state index >= 15 is 0 Å². The van der Waals surface area contributed by atoms with Gasteiger partial charge in [-0.25, -0.2) is 14.4 Å². The molecule has 4 aliphatic rings. The molecule has 8 N–H and O–H groups in total. The number of amides is 6. The number of carboxylic acid groups (broad SMARTS) is 2. The largest absolute Gasteiger partial charge is 0.481 e. The topological polar surface area (TPSA) is 319 Å². The lowest BCUT2D eigenvalue weighted by Gasteiger charge is -2.24. The van der Waals surface area contributed by atoms with Gasteiger partial charge in [0.15, 0.2) is 17.3 Å². The fourth-order valence-corrected chi connectivity index (χ4v) is 15.2. The lowest BCUT2D eigenvalue weighted by molar-refractivity contribution is -0.149. The van der Waals surface area contributed by atoms with Crippen LogP contribution in [0.2, 0.25) is 0 Å². The van der Waals surface area contributed by atoms with E-state index in [-0.39, 0.29) is 89.9 Å². The number of benzene rings is 9. The second-order valence-electron chi connectivity index (χ2n) is 32.0. The Bertz CT molecular complexity index is 5470. The number of alkyl halides is 9. The number of ether oxygens (including phenoxy) is 2. The van der Waals surface area contributed by atoms with Gasteiger partial charge in [-0.2, -0.15) is 39.5 Å². The number of anilines is 6. The summed E-state index contributed by atoms with van der Waals surface area (Å²) in [5.74, 6) is -6.01. The first kappa shape index (κ1) is 95.1. The maximum absolute atomic E-state index is 13.2. The number of hydrogen-bond donors (Lipinski definition) is 8. The molecule has 0 spiro atoms. The molecule has 13 rings (SSSR count). The summed E-state index contributed by atoms with van der Waals surface area (Å²) >= 11 is 0. The van der Waals surface area contributed by atoms with Gasteiger partial charge in [0.1, 0.15) is 11.6 Å². The Kier molecular flexibility index (Phi) is 32.1. The molecule has 30 heteroatoms. The molecule has 1 heterocycles. The van der Waals surface area contributed by atoms with Crippen molar-refractivity contribution in [3.8, 4) is 33.4 Å². The summed E-state index contributed by atoms with van der Waals surface area (Å²) < 4.78 is 126. The number of urea groups is 3. The molecule has 0 aromatic heterocycles. The predicted octanol–water partition coefficient (Wildman–Crippen LogP) is 22.4. The molecule has 9 aromatic rings. The molecule has 0 saturated carbocycles. The van der Waals surface area contributed by atoms with Crippen molar-refractivity contribution in [3.63, 3.8) is 0 Å². The van der Waals surface area contributed by atoms with Gasteiger partial charge in [0.25, 0.3) is 0 Å². The van der Waals surface area contributed by atoms with E-state index in [1.54, 1.807) is 111 Å². The molecular weight excluding hydrogens is 1650 g/mol. The monoisotopic (exact) mass is 1740 g/mol. The van der Waals surface area contributed by atoms with E-state index in [1.165, 1.54) is 56.3 Å². The number of nitrogens with one attached hydrogen (secondary N) is 6. The number of Topliss-reactive ketones (excluding diaryl/α,β-unsaturated/α-hetero) is 5. The molecule has 6 amide bonds. The number of methoxy groups -OCH3 is 1. The summed E-state index contributed by atoms with van der Waals surface area (Å²) in [7, 11) is 1.30. The van der Waals surface area contributed by atoms with Crippen molar-refractivity contribution in [2.75, 3.05) is 45.6 Å². The van der Waals surface area contributed by atoms with Crippen LogP contribution in [0, 0.1) is 41.4 Å². The average molecular weight is 1740 g/mol. The van der Waals surface area contributed by atoms with Crippen LogP contribution in [0.3, 0.4) is 0 Å². The van der Waals surface area contributed by atoms with Crippen LogP contribution in [0.4, 0.5) is 88.0 Å². The second-order valence-corrected chi connectivity index (χ2v) is 32.0. The third-order valence-electron chi connectivity index (χ3n) is 22.1. The highest BCUT2D eigenvalue weighted by atomic mass is 19.4. The second kappa shape index (κ2) is 42.5. The van der Waals surface area contributed by atoms with Crippen LogP contribution in [0.1, 0.15) is 163 Å². The molecule has 662 valence electrons. The first-order valence-corrected chi connectivity index (χ1v) is 40.9. The molecule has 9 aromatic carbocycles. The fourth-order valence-electron chi connectivity index (χ4n) is 15.2. The highest BCUT2D eigenvalue weighted by molar-refractivity contribution is 6.06. The molecule has 1 fully saturated rings. The molecule has 0 bridgehead atoms. The molecule has 4 unspecified atom stereocenters. The number of aryl methyl sites for hydroxylation is 3. The Labute approximate surface area is 721 Å². The van der Waals surface area contributed by atoms with Gasteiger partial charge in [0.05, 0.1) is 48.2 Å². The van der Waals surface area contributed by atoms with Gasteiger partial charge in [0.2, 0.25) is 0 Å². The van der Waals surface area contributed by atoms with Gasteiger partial charge in [-0.3, -0.25) is 38.4 Å². The third-order valence-corrected chi connectivity index (χ3v) is 22.1. The van der Waals surface area contributed by atoms with E-state index in [4.69, 9.17) is 14.6 Å². The van der Waals surface area contributed by atoms with Crippen LogP contribution in [0.5, 0.6) is 0 Å². The molecule has 21 nitrogen and oxygen atoms in total. The Morgan fingerprint density at radius 3 is 0.960 bits per heavy atom. The van der Waals surface area contributed by atoms with E-state index in [0.717, 1.165) is 93.1 Å². The Morgan fingerprint density at radius 2 is 0.698 bits per heavy atom. The van der Waals surface area contributed by atoms with E-state index in [9.17, 15) is 97.4 Å². The van der Waals surface area contributed by atoms with Crippen molar-refractivity contribution in [3.05, 3.63) is 250 Å². The van der Waals surface area contributed by atoms with Crippen LogP contribution in [0.25, 0.3) is 33.4 Å². The van der Waals surface area contributed by atoms with Crippen LogP contribution >= 0.6 is 0 Å². The van der Waals surface area contributed by atoms with Crippen molar-refractivity contribution in [1.82, 2.24) is 0 Å². The summed E-state index contributed by atoms with van der Waals surface area (Å²) in [6.07, 6.45) is -7.15. The SMILES string of the molecule is CC(C)[C@H](CC(=O)CC1CCc2cc(-c3ccc(NC(=O)Nc4cccc(C(F)(F)F)c4)cc3)ccc2C1=O)C(=O)O.CC1CCCO1.COC(=O)[C@@H](CC(=O)CC1CCc2cc(-c3ccc(NC(=O)Nc4cccc(C(F)(F)F)c4)cc3)ccc2C1=O)C(C)C.O=C(O)CC1CCc2cc(-c3ccc(NC(=O)Nc4cccc(C(F)(F)F)c4)cc3)ccc2C1=O. The van der Waals surface area contributed by atoms with Crippen molar-refractivity contribution >= 4 is 99.0 Å². The van der Waals surface area contributed by atoms with Gasteiger partial charge in [0, 0.05) is 101 Å². The van der Waals surface area contributed by atoms with Crippen molar-refractivity contribution < 1.29 is 112 Å². The number of hydrogen-bond acceptors (Lipinski definition) is 13. The summed E-state index contributed by atoms with van der Waals surface area (Å²) in [6, 6.07) is 48.1. The zero-order valence-electron chi connectivity index (χ0n) is 69.7. The Hall–Kier alpha value is -13.1. The number of halogens is 9. The first-order valence-electron chi connectivity index (χ1n) is 40.9. The van der Waals surface area contributed by atoms with Crippen molar-refractivity contribution in [1.29, 1.82) is 0 Å². The van der Waals surface area contributed by atoms with Crippen LogP contribution in [0.15, 0.2) is 200 Å². The van der Waals surface area contributed by atoms with E-state index < -0.39 is 101 Å².